The van der Waals surface area contributed by atoms with Gasteiger partial charge in [0.25, 0.3) is 70.9 Å². The molecule has 0 aromatic carbocycles. The minimum Gasteiger partial charge on any atom is -0.393 e. The monoisotopic (exact) mass is 2120 g/mol. The van der Waals surface area contributed by atoms with Crippen LogP contribution < -0.4 is 42.5 Å². The van der Waals surface area contributed by atoms with Crippen LogP contribution in [0.25, 0.3) is 41.8 Å². The molecule has 6 saturated heterocycles. The molecule has 790 valence electrons. The van der Waals surface area contributed by atoms with Crippen molar-refractivity contribution in [3.63, 3.8) is 0 Å². The Hall–Kier alpha value is -10.7. The number of likely N-dealkylation sites (tertiary alicyclic amines) is 4. The molecule has 6 aliphatic heterocycles. The van der Waals surface area contributed by atoms with Gasteiger partial charge >= 0.3 is 0 Å². The van der Waals surface area contributed by atoms with E-state index in [1.807, 2.05) is 79.7 Å². The van der Waals surface area contributed by atoms with Crippen molar-refractivity contribution in [1.29, 1.82) is 0 Å². The van der Waals surface area contributed by atoms with Gasteiger partial charge in [-0.1, -0.05) is 20.8 Å². The van der Waals surface area contributed by atoms with Crippen molar-refractivity contribution in [3.05, 3.63) is 114 Å². The second kappa shape index (κ2) is 46.8. The molecule has 0 radical (unpaired) electrons. The molecule has 11 atom stereocenters. The van der Waals surface area contributed by atoms with Crippen molar-refractivity contribution in [2.45, 2.75) is 328 Å². The third-order valence-electron chi connectivity index (χ3n) is 27.1. The highest BCUT2D eigenvalue weighted by Crippen LogP contribution is 2.45. The van der Waals surface area contributed by atoms with Crippen LogP contribution in [0, 0.1) is 27.7 Å². The first-order valence-corrected chi connectivity index (χ1v) is 54.5. The molecule has 0 spiro atoms. The van der Waals surface area contributed by atoms with Gasteiger partial charge in [0.05, 0.1) is 75.4 Å². The van der Waals surface area contributed by atoms with Gasteiger partial charge in [-0.3, -0.25) is 38.4 Å². The zero-order valence-electron chi connectivity index (χ0n) is 84.2. The third-order valence-corrected chi connectivity index (χ3v) is 33.2. The lowest BCUT2D eigenvalue weighted by Gasteiger charge is -2.22. The van der Waals surface area contributed by atoms with Gasteiger partial charge < -0.3 is 77.1 Å². The molecular weight excluding hydrogens is 1990 g/mol. The Morgan fingerprint density at radius 1 is 0.414 bits per heavy atom. The van der Waals surface area contributed by atoms with Gasteiger partial charge in [-0.25, -0.2) is 83.4 Å². The van der Waals surface area contributed by atoms with Crippen LogP contribution in [-0.4, -0.2) is 285 Å². The highest BCUT2D eigenvalue weighted by molar-refractivity contribution is 7.91. The maximum Gasteiger partial charge on any atom is 0.280 e. The van der Waals surface area contributed by atoms with Crippen LogP contribution in [0.3, 0.4) is 0 Å². The lowest BCUT2D eigenvalue weighted by molar-refractivity contribution is 0.0115. The maximum absolute atomic E-state index is 14.1. The summed E-state index contributed by atoms with van der Waals surface area (Å²) in [5, 5.41) is 44.7. The molecule has 8 fully saturated rings. The van der Waals surface area contributed by atoms with E-state index in [4.69, 9.17) is 4.74 Å². The second-order valence-corrected chi connectivity index (χ2v) is 46.1. The van der Waals surface area contributed by atoms with Crippen LogP contribution in [0.15, 0.2) is 49.1 Å². The van der Waals surface area contributed by atoms with Crippen LogP contribution in [0.4, 0.5) is 58.4 Å². The molecule has 16 rings (SSSR count). The number of aryl methyl sites for hydroxylation is 4. The summed E-state index contributed by atoms with van der Waals surface area (Å²) in [5.41, 5.74) is 5.60. The SMILES string of the molecule is CC[C@@H](C)Nc1cc(C)c(-c2sc(C(=O)NC3CCOCC3)nc2C(=O)N2CC(F)(F)C[C@@H]2C)cn1.CC[C@@H](C)Nc1cc(C)c(-c2sc(C(=O)N[C@@H]3CCC[C@H]3O)nc2C(=O)N2CC(F)(F)C[C@@H]2C)cn1.CC[C@@H](C)Nc1cc(C)c(-c2sc(C(=O)N[C@@H]3CC[C@@H](O)C3)nc2C(=O)N2CC(F)(F)C[C@@H]2C)cn1.Cc1cc(NC(C)C)ncc1-c1sc(C(=O)NC2CCS(=O)(=O)CC2)nc1C(=O)N1CC(F)(F)C[C@@H]1C. The number of nitrogens with zero attached hydrogens (tertiary/aromatic N) is 12. The third kappa shape index (κ3) is 28.1. The second-order valence-electron chi connectivity index (χ2n) is 39.8. The summed E-state index contributed by atoms with van der Waals surface area (Å²) in [6.45, 7) is 28.5. The zero-order chi connectivity index (χ0) is 106. The predicted octanol–water partition coefficient (Wildman–Crippen LogP) is 16.5. The largest absolute Gasteiger partial charge is 0.393 e. The quantitative estimate of drug-likeness (QED) is 0.0214. The van der Waals surface area contributed by atoms with Crippen LogP contribution in [0.1, 0.15) is 296 Å². The number of sulfone groups is 1. The fourth-order valence-corrected chi connectivity index (χ4v) is 24.2. The van der Waals surface area contributed by atoms with Gasteiger partial charge in [0.15, 0.2) is 20.0 Å². The number of aliphatic hydroxyl groups is 2. The van der Waals surface area contributed by atoms with Crippen molar-refractivity contribution in [3.8, 4) is 41.8 Å². The van der Waals surface area contributed by atoms with Gasteiger partial charge in [0.1, 0.15) is 55.9 Å². The zero-order valence-corrected chi connectivity index (χ0v) is 88.3. The fourth-order valence-electron chi connectivity index (χ4n) is 18.6. The number of aromatic nitrogens is 8. The number of hydrogen-bond donors (Lipinski definition) is 10. The molecular formula is C99H130F8N20O13S5. The van der Waals surface area contributed by atoms with Gasteiger partial charge in [-0.05, 0) is 220 Å². The van der Waals surface area contributed by atoms with E-state index in [1.165, 1.54) is 0 Å². The average molecular weight is 2120 g/mol. The fraction of sp³-hybridized carbons (Fsp3) is 0.596. The number of carbonyl (C=O) groups is 8. The van der Waals surface area contributed by atoms with E-state index in [2.05, 4.69) is 110 Å². The number of nitrogens with one attached hydrogen (secondary N) is 8. The summed E-state index contributed by atoms with van der Waals surface area (Å²) in [6, 6.07) is 4.71. The Morgan fingerprint density at radius 3 is 0.959 bits per heavy atom. The number of halogens is 8. The standard InChI is InChI=1S/3C25H33F2N5O3S.C24H31F2N5O4S2/c1-5-15(3)29-19-10-14(2)18(12-28-19)21-20(24(34)32-13-25(26,27)11-16(32)4)31-23(36-21)22(33)30-17-6-8-35-9-7-17;1-5-14(3)29-19-8-13(2)18(11-28-19)21-20(24(35)32-12-25(26,27)10-15(32)4)31-23(36-21)22(34)30-16-6-7-17(33)9-16;1-5-14(3)29-19-9-13(2)16(11-28-19)21-20(24(35)32-12-25(26,27)10-15(32)4)31-23(36-21)22(34)30-17-7-6-8-18(17)33;1-13(2)28-18-9-14(3)17(11-27-18)20-19(23(33)31-12-24(25,26)10-15(31)4)30-22(36-20)21(32)29-16-5-7-37(34,35)8-6-16/h10,12,15-17H,5-9,11,13H2,1-4H3,(H,28,29)(H,30,33);8,11,14-17,33H,5-7,9-10,12H2,1-4H3,(H,28,29)(H,30,34);9,11,14-15,17-18,33H,5-8,10,12H2,1-4H3,(H,28,29)(H,30,34);9,11,13,15-16H,5-8,10,12H2,1-4H3,(H,27,28)(H,29,32)/t15-,16+;14-,15+,16-,17-;14-,15+,17-,18-;15-/m1110/s1. The van der Waals surface area contributed by atoms with Gasteiger partial charge in [-0.15, -0.1) is 45.3 Å². The van der Waals surface area contributed by atoms with E-state index in [9.17, 15) is 92.1 Å². The first-order chi connectivity index (χ1) is 68.3. The molecule has 14 heterocycles. The van der Waals surface area contributed by atoms with Crippen LogP contribution >= 0.6 is 45.3 Å². The van der Waals surface area contributed by atoms with Crippen molar-refractivity contribution >= 4 is 126 Å². The topological polar surface area (TPSA) is 433 Å². The number of pyridine rings is 4. The number of carbonyl (C=O) groups excluding carboxylic acids is 8. The highest BCUT2D eigenvalue weighted by atomic mass is 32.2. The molecule has 8 amide bonds. The van der Waals surface area contributed by atoms with Crippen LogP contribution in [0.2, 0.25) is 0 Å². The number of aliphatic hydroxyl groups excluding tert-OH is 2. The van der Waals surface area contributed by atoms with E-state index < -0.39 is 163 Å². The van der Waals surface area contributed by atoms with Crippen molar-refractivity contribution in [2.24, 2.45) is 0 Å². The smallest absolute Gasteiger partial charge is 0.280 e. The Bertz CT molecular complexity index is 5990. The minimum atomic E-state index is -3.09. The number of ether oxygens (including phenoxy) is 1. The van der Waals surface area contributed by atoms with Crippen LogP contribution in [0.5, 0.6) is 0 Å². The number of hydrogen-bond acceptors (Lipinski definition) is 29. The molecule has 33 nitrogen and oxygen atoms in total. The van der Waals surface area contributed by atoms with Gasteiger partial charge in [0, 0.05) is 152 Å². The van der Waals surface area contributed by atoms with Crippen molar-refractivity contribution < 1.29 is 96.8 Å². The lowest BCUT2D eigenvalue weighted by atomic mass is 10.1. The molecule has 2 aliphatic carbocycles. The summed E-state index contributed by atoms with van der Waals surface area (Å²) >= 11 is 4.16. The molecule has 8 aromatic rings. The summed E-state index contributed by atoms with van der Waals surface area (Å²) in [7, 11) is -3.09. The first-order valence-electron chi connectivity index (χ1n) is 49.4. The summed E-state index contributed by atoms with van der Waals surface area (Å²) < 4.78 is 141. The van der Waals surface area contributed by atoms with Crippen LogP contribution in [-0.2, 0) is 14.6 Å². The number of rotatable bonds is 27. The van der Waals surface area contributed by atoms with E-state index in [1.54, 1.807) is 52.5 Å². The minimum absolute atomic E-state index is 0.00646. The lowest BCUT2D eigenvalue weighted by Crippen LogP contribution is -2.41. The van der Waals surface area contributed by atoms with E-state index >= 15 is 0 Å². The number of thiazole rings is 4. The molecule has 2 saturated carbocycles. The molecule has 0 bridgehead atoms. The first kappa shape index (κ1) is 112. The molecule has 8 aliphatic rings. The molecule has 8 aromatic heterocycles. The Morgan fingerprint density at radius 2 is 0.703 bits per heavy atom. The number of alkyl halides is 8. The summed E-state index contributed by atoms with van der Waals surface area (Å²) in [6.07, 6.45) is 12.3. The highest BCUT2D eigenvalue weighted by Gasteiger charge is 2.51. The average Bonchev–Trinajstić information content (AvgIpc) is 1.64. The molecule has 46 heteroatoms. The summed E-state index contributed by atoms with van der Waals surface area (Å²) in [4.78, 5) is 147. The van der Waals surface area contributed by atoms with Gasteiger partial charge in [0.2, 0.25) is 0 Å². The van der Waals surface area contributed by atoms with Crippen molar-refractivity contribution in [2.75, 3.05) is 72.2 Å². The Kier molecular flexibility index (Phi) is 36.0. The maximum atomic E-state index is 14.1. The molecule has 145 heavy (non-hydrogen) atoms. The number of anilines is 4. The van der Waals surface area contributed by atoms with Gasteiger partial charge in [-0.2, -0.15) is 0 Å². The molecule has 10 N–H and O–H groups in total. The van der Waals surface area contributed by atoms with E-state index in [0.717, 1.165) is 113 Å². The van der Waals surface area contributed by atoms with Crippen molar-refractivity contribution in [1.82, 2.24) is 80.7 Å². The Labute approximate surface area is 854 Å². The van der Waals surface area contributed by atoms with E-state index in [-0.39, 0.29) is 109 Å². The summed E-state index contributed by atoms with van der Waals surface area (Å²) in [5.74, 6) is -13.5. The normalized spacial score (nSPS) is 22.6. The van der Waals surface area contributed by atoms with E-state index in [0.29, 0.717) is 136 Å². The number of amides is 8. The molecule has 0 unspecified atom stereocenters. The predicted molar refractivity (Wildman–Crippen MR) is 542 cm³/mol. The Balaban J connectivity index is 0.000000162.